The first-order chi connectivity index (χ1) is 10.6. The van der Waals surface area contributed by atoms with Crippen molar-refractivity contribution in [1.29, 1.82) is 0 Å². The third-order valence-corrected chi connectivity index (χ3v) is 3.92. The van der Waals surface area contributed by atoms with Gasteiger partial charge in [-0.3, -0.25) is 4.79 Å². The van der Waals surface area contributed by atoms with E-state index >= 15 is 0 Å². The maximum Gasteiger partial charge on any atom is 0.275 e. The van der Waals surface area contributed by atoms with Crippen LogP contribution in [0.25, 0.3) is 0 Å². The summed E-state index contributed by atoms with van der Waals surface area (Å²) in [5.74, 6) is -0.612. The van der Waals surface area contributed by atoms with Crippen LogP contribution >= 0.6 is 11.6 Å². The zero-order valence-corrected chi connectivity index (χ0v) is 12.6. The molecule has 112 valence electrons. The number of phenolic OH excluding ortho intramolecular Hbond substituents is 1. The maximum absolute atomic E-state index is 12.1. The fourth-order valence-electron chi connectivity index (χ4n) is 2.59. The van der Waals surface area contributed by atoms with E-state index in [1.54, 1.807) is 6.07 Å². The Morgan fingerprint density at radius 2 is 2.00 bits per heavy atom. The molecule has 2 aromatic carbocycles. The van der Waals surface area contributed by atoms with E-state index in [-0.39, 0.29) is 11.3 Å². The zero-order chi connectivity index (χ0) is 15.5. The average molecular weight is 315 g/mol. The Hall–Kier alpha value is -2.33. The summed E-state index contributed by atoms with van der Waals surface area (Å²) in [6.07, 6.45) is 2.86. The number of benzene rings is 2. The number of aromatic hydroxyl groups is 1. The van der Waals surface area contributed by atoms with Crippen LogP contribution in [0.15, 0.2) is 47.6 Å². The van der Waals surface area contributed by atoms with Gasteiger partial charge in [-0.25, -0.2) is 5.43 Å². The Morgan fingerprint density at radius 1 is 1.18 bits per heavy atom. The Labute approximate surface area is 133 Å². The van der Waals surface area contributed by atoms with E-state index in [1.807, 2.05) is 18.2 Å². The van der Waals surface area contributed by atoms with Crippen LogP contribution in [-0.2, 0) is 6.42 Å². The van der Waals surface area contributed by atoms with Crippen LogP contribution in [0, 0.1) is 0 Å². The molecular formula is C17H15ClN2O2. The normalized spacial score (nSPS) is 15.4. The lowest BCUT2D eigenvalue weighted by atomic mass is 9.90. The van der Waals surface area contributed by atoms with Crippen molar-refractivity contribution in [3.63, 3.8) is 0 Å². The van der Waals surface area contributed by atoms with Crippen molar-refractivity contribution in [2.75, 3.05) is 0 Å². The van der Waals surface area contributed by atoms with Gasteiger partial charge in [0.2, 0.25) is 0 Å². The molecule has 2 N–H and O–H groups in total. The number of hydrogen-bond acceptors (Lipinski definition) is 3. The molecule has 0 saturated carbocycles. The third kappa shape index (κ3) is 2.97. The van der Waals surface area contributed by atoms with Gasteiger partial charge in [0.15, 0.2) is 0 Å². The number of amides is 1. The molecule has 0 aliphatic heterocycles. The number of halogens is 1. The van der Waals surface area contributed by atoms with Gasteiger partial charge in [-0.1, -0.05) is 35.9 Å². The van der Waals surface area contributed by atoms with Gasteiger partial charge in [0.1, 0.15) is 5.75 Å². The second-order valence-electron chi connectivity index (χ2n) is 5.17. The van der Waals surface area contributed by atoms with Gasteiger partial charge in [-0.2, -0.15) is 5.10 Å². The zero-order valence-electron chi connectivity index (χ0n) is 11.8. The number of rotatable bonds is 2. The van der Waals surface area contributed by atoms with Crippen LogP contribution in [0.1, 0.15) is 34.3 Å². The smallest absolute Gasteiger partial charge is 0.275 e. The second kappa shape index (κ2) is 6.20. The molecule has 1 aliphatic rings. The SMILES string of the molecule is O=C(N/N=C1\CCCc2ccccc21)c1ccc(Cl)cc1O. The second-order valence-corrected chi connectivity index (χ2v) is 5.61. The minimum absolute atomic E-state index is 0.151. The highest BCUT2D eigenvalue weighted by atomic mass is 35.5. The molecule has 0 fully saturated rings. The molecule has 2 aromatic rings. The molecule has 0 unspecified atom stereocenters. The summed E-state index contributed by atoms with van der Waals surface area (Å²) in [4.78, 5) is 12.1. The summed E-state index contributed by atoms with van der Waals surface area (Å²) >= 11 is 5.76. The largest absolute Gasteiger partial charge is 0.507 e. The summed E-state index contributed by atoms with van der Waals surface area (Å²) in [5, 5.41) is 14.4. The molecule has 0 spiro atoms. The van der Waals surface area contributed by atoms with Crippen molar-refractivity contribution in [2.45, 2.75) is 19.3 Å². The van der Waals surface area contributed by atoms with E-state index in [0.717, 1.165) is 30.5 Å². The molecule has 0 radical (unpaired) electrons. The quantitative estimate of drug-likeness (QED) is 0.833. The van der Waals surface area contributed by atoms with E-state index in [2.05, 4.69) is 16.6 Å². The first-order valence-electron chi connectivity index (χ1n) is 7.09. The van der Waals surface area contributed by atoms with Gasteiger partial charge >= 0.3 is 0 Å². The Kier molecular flexibility index (Phi) is 4.11. The Bertz CT molecular complexity index is 756. The molecule has 0 bridgehead atoms. The number of nitrogens with zero attached hydrogens (tertiary/aromatic N) is 1. The van der Waals surface area contributed by atoms with Crippen LogP contribution in [0.4, 0.5) is 0 Å². The van der Waals surface area contributed by atoms with Gasteiger partial charge in [0, 0.05) is 10.6 Å². The molecule has 22 heavy (non-hydrogen) atoms. The molecule has 0 heterocycles. The number of aryl methyl sites for hydroxylation is 1. The van der Waals surface area contributed by atoms with E-state index in [9.17, 15) is 9.90 Å². The molecule has 0 saturated heterocycles. The molecule has 1 aliphatic carbocycles. The number of hydrogen-bond donors (Lipinski definition) is 2. The summed E-state index contributed by atoms with van der Waals surface area (Å²) in [5.41, 5.74) is 5.86. The van der Waals surface area contributed by atoms with Crippen molar-refractivity contribution in [3.05, 3.63) is 64.2 Å². The highest BCUT2D eigenvalue weighted by Gasteiger charge is 2.16. The Balaban J connectivity index is 1.81. The maximum atomic E-state index is 12.1. The van der Waals surface area contributed by atoms with Crippen molar-refractivity contribution >= 4 is 23.2 Å². The van der Waals surface area contributed by atoms with Gasteiger partial charge < -0.3 is 5.11 Å². The lowest BCUT2D eigenvalue weighted by Gasteiger charge is -2.17. The number of carbonyl (C=O) groups excluding carboxylic acids is 1. The molecule has 0 atom stereocenters. The number of nitrogens with one attached hydrogen (secondary N) is 1. The monoisotopic (exact) mass is 314 g/mol. The van der Waals surface area contributed by atoms with Crippen LogP contribution < -0.4 is 5.43 Å². The lowest BCUT2D eigenvalue weighted by Crippen LogP contribution is -2.22. The number of carbonyl (C=O) groups is 1. The lowest BCUT2D eigenvalue weighted by molar-refractivity contribution is 0.0952. The molecular weight excluding hydrogens is 300 g/mol. The highest BCUT2D eigenvalue weighted by molar-refractivity contribution is 6.30. The first-order valence-corrected chi connectivity index (χ1v) is 7.46. The topological polar surface area (TPSA) is 61.7 Å². The summed E-state index contributed by atoms with van der Waals surface area (Å²) < 4.78 is 0. The highest BCUT2D eigenvalue weighted by Crippen LogP contribution is 2.23. The van der Waals surface area contributed by atoms with Gasteiger partial charge in [0.05, 0.1) is 11.3 Å². The van der Waals surface area contributed by atoms with Crippen LogP contribution in [0.3, 0.4) is 0 Å². The van der Waals surface area contributed by atoms with Crippen molar-refractivity contribution in [3.8, 4) is 5.75 Å². The minimum Gasteiger partial charge on any atom is -0.507 e. The number of hydrazone groups is 1. The van der Waals surface area contributed by atoms with Crippen LogP contribution in [0.2, 0.25) is 5.02 Å². The molecule has 0 aromatic heterocycles. The van der Waals surface area contributed by atoms with Gasteiger partial charge in [0.25, 0.3) is 5.91 Å². The molecule has 3 rings (SSSR count). The van der Waals surface area contributed by atoms with Crippen molar-refractivity contribution in [1.82, 2.24) is 5.43 Å². The molecule has 4 nitrogen and oxygen atoms in total. The van der Waals surface area contributed by atoms with E-state index < -0.39 is 5.91 Å². The van der Waals surface area contributed by atoms with Crippen molar-refractivity contribution < 1.29 is 9.90 Å². The fraction of sp³-hybridized carbons (Fsp3) is 0.176. The van der Waals surface area contributed by atoms with Gasteiger partial charge in [-0.05, 0) is 43.0 Å². The van der Waals surface area contributed by atoms with Crippen LogP contribution in [0.5, 0.6) is 5.75 Å². The fourth-order valence-corrected chi connectivity index (χ4v) is 2.76. The third-order valence-electron chi connectivity index (χ3n) is 3.68. The Morgan fingerprint density at radius 3 is 2.82 bits per heavy atom. The number of fused-ring (bicyclic) bond motifs is 1. The van der Waals surface area contributed by atoms with Gasteiger partial charge in [-0.15, -0.1) is 0 Å². The van der Waals surface area contributed by atoms with Crippen molar-refractivity contribution in [2.24, 2.45) is 5.10 Å². The first kappa shape index (κ1) is 14.6. The van der Waals surface area contributed by atoms with E-state index in [4.69, 9.17) is 11.6 Å². The molecule has 5 heteroatoms. The average Bonchev–Trinajstić information content (AvgIpc) is 2.52. The van der Waals surface area contributed by atoms with E-state index in [1.165, 1.54) is 17.7 Å². The number of phenols is 1. The standard InChI is InChI=1S/C17H15ClN2O2/c18-12-8-9-14(16(21)10-12)17(22)20-19-15-7-3-5-11-4-1-2-6-13(11)15/h1-2,4,6,8-10,21H,3,5,7H2,(H,20,22)/b19-15+. The summed E-state index contributed by atoms with van der Waals surface area (Å²) in [7, 11) is 0. The van der Waals surface area contributed by atoms with Crippen LogP contribution in [-0.4, -0.2) is 16.7 Å². The minimum atomic E-state index is -0.454. The summed E-state index contributed by atoms with van der Waals surface area (Å²) in [6.45, 7) is 0. The predicted molar refractivity (Wildman–Crippen MR) is 86.5 cm³/mol. The predicted octanol–water partition coefficient (Wildman–Crippen LogP) is 3.52. The molecule has 1 amide bonds. The summed E-state index contributed by atoms with van der Waals surface area (Å²) in [6, 6.07) is 12.4. The van der Waals surface area contributed by atoms with E-state index in [0.29, 0.717) is 5.02 Å².